The van der Waals surface area contributed by atoms with Crippen molar-refractivity contribution in [3.05, 3.63) is 32.0 Å². The summed E-state index contributed by atoms with van der Waals surface area (Å²) in [6, 6.07) is 0. The molecule has 8 heteroatoms. The Hall–Kier alpha value is -2.22. The molecule has 0 radical (unpaired) electrons. The second-order valence-corrected chi connectivity index (χ2v) is 5.08. The Morgan fingerprint density at radius 2 is 2.11 bits per heavy atom. The van der Waals surface area contributed by atoms with E-state index in [0.29, 0.717) is 11.5 Å². The quantitative estimate of drug-likeness (QED) is 0.663. The minimum Gasteiger partial charge on any atom is -0.331 e. The normalized spacial score (nSPS) is 11.2. The van der Waals surface area contributed by atoms with Crippen LogP contribution in [-0.2, 0) is 7.05 Å². The van der Waals surface area contributed by atoms with Crippen LogP contribution in [0, 0.1) is 6.92 Å². The lowest BCUT2D eigenvalue weighted by Gasteiger charge is -1.94. The number of thiazole rings is 1. The number of imidazole rings is 1. The van der Waals surface area contributed by atoms with Crippen molar-refractivity contribution in [3.63, 3.8) is 0 Å². The smallest absolute Gasteiger partial charge is 0.329 e. The van der Waals surface area contributed by atoms with Crippen LogP contribution in [-0.4, -0.2) is 24.5 Å². The Labute approximate surface area is 104 Å². The predicted octanol–water partition coefficient (Wildman–Crippen LogP) is 0.382. The molecular weight excluding hydrogens is 254 g/mol. The first-order valence-corrected chi connectivity index (χ1v) is 6.00. The summed E-state index contributed by atoms with van der Waals surface area (Å²) in [4.78, 5) is 37.5. The van der Waals surface area contributed by atoms with Gasteiger partial charge in [-0.1, -0.05) is 0 Å². The average Bonchev–Trinajstić information content (AvgIpc) is 2.92. The summed E-state index contributed by atoms with van der Waals surface area (Å²) in [7, 11) is 1.56. The van der Waals surface area contributed by atoms with Crippen LogP contribution < -0.4 is 11.2 Å². The third kappa shape index (κ3) is 1.50. The third-order valence-corrected chi connectivity index (χ3v) is 3.53. The molecule has 2 N–H and O–H groups in total. The summed E-state index contributed by atoms with van der Waals surface area (Å²) in [5.74, 6) is 0.544. The zero-order chi connectivity index (χ0) is 12.9. The molecule has 3 rings (SSSR count). The van der Waals surface area contributed by atoms with Crippen molar-refractivity contribution in [3.8, 4) is 10.7 Å². The van der Waals surface area contributed by atoms with E-state index in [0.717, 1.165) is 9.88 Å². The Morgan fingerprint density at radius 3 is 2.78 bits per heavy atom. The fourth-order valence-electron chi connectivity index (χ4n) is 1.69. The van der Waals surface area contributed by atoms with E-state index < -0.39 is 11.2 Å². The Morgan fingerprint density at radius 1 is 1.33 bits per heavy atom. The summed E-state index contributed by atoms with van der Waals surface area (Å²) in [6.07, 6.45) is 1.68. The molecule has 0 bridgehead atoms. The molecule has 0 atom stereocenters. The number of nitrogens with one attached hydrogen (secondary N) is 2. The summed E-state index contributed by atoms with van der Waals surface area (Å²) >= 11 is 1.47. The number of hydrogen-bond donors (Lipinski definition) is 2. The largest absolute Gasteiger partial charge is 0.331 e. The van der Waals surface area contributed by atoms with Gasteiger partial charge < -0.3 is 4.98 Å². The molecule has 3 aromatic heterocycles. The minimum atomic E-state index is -0.481. The van der Waals surface area contributed by atoms with Gasteiger partial charge in [-0.3, -0.25) is 14.3 Å². The molecule has 0 amide bonds. The zero-order valence-corrected chi connectivity index (χ0v) is 10.5. The van der Waals surface area contributed by atoms with Crippen molar-refractivity contribution in [2.75, 3.05) is 0 Å². The number of aromatic nitrogens is 5. The lowest BCUT2D eigenvalue weighted by atomic mass is 10.5. The highest BCUT2D eigenvalue weighted by molar-refractivity contribution is 7.14. The maximum atomic E-state index is 11.6. The van der Waals surface area contributed by atoms with Crippen molar-refractivity contribution >= 4 is 22.5 Å². The Balaban J connectivity index is 2.35. The molecule has 0 aliphatic carbocycles. The molecule has 0 spiro atoms. The molecule has 3 heterocycles. The molecule has 0 fully saturated rings. The number of aryl methyl sites for hydroxylation is 2. The number of nitrogens with zero attached hydrogens (tertiary/aromatic N) is 3. The second kappa shape index (κ2) is 3.64. The van der Waals surface area contributed by atoms with Crippen LogP contribution in [0.4, 0.5) is 0 Å². The molecule has 0 saturated carbocycles. The molecule has 0 saturated heterocycles. The highest BCUT2D eigenvalue weighted by Gasteiger charge is 2.13. The van der Waals surface area contributed by atoms with Gasteiger partial charge in [0, 0.05) is 13.2 Å². The van der Waals surface area contributed by atoms with Crippen molar-refractivity contribution in [2.24, 2.45) is 7.05 Å². The predicted molar refractivity (Wildman–Crippen MR) is 67.8 cm³/mol. The lowest BCUT2D eigenvalue weighted by molar-refractivity contribution is 0.832. The van der Waals surface area contributed by atoms with Crippen molar-refractivity contribution in [2.45, 2.75) is 6.92 Å². The van der Waals surface area contributed by atoms with Crippen LogP contribution in [0.25, 0.3) is 21.9 Å². The van der Waals surface area contributed by atoms with E-state index in [1.54, 1.807) is 13.2 Å². The highest BCUT2D eigenvalue weighted by atomic mass is 32.1. The molecule has 92 valence electrons. The summed E-state index contributed by atoms with van der Waals surface area (Å²) in [5, 5.41) is 0.910. The van der Waals surface area contributed by atoms with Gasteiger partial charge in [-0.15, -0.1) is 11.3 Å². The fraction of sp³-hybridized carbons (Fsp3) is 0.200. The minimum absolute atomic E-state index is 0.290. The summed E-state index contributed by atoms with van der Waals surface area (Å²) in [6.45, 7) is 1.89. The summed E-state index contributed by atoms with van der Waals surface area (Å²) in [5.41, 5.74) is -0.318. The van der Waals surface area contributed by atoms with E-state index in [2.05, 4.69) is 19.9 Å². The van der Waals surface area contributed by atoms with Crippen molar-refractivity contribution in [1.82, 2.24) is 24.5 Å². The number of rotatable bonds is 1. The van der Waals surface area contributed by atoms with Gasteiger partial charge in [0.1, 0.15) is 5.52 Å². The molecule has 0 aromatic carbocycles. The van der Waals surface area contributed by atoms with Crippen molar-refractivity contribution in [1.29, 1.82) is 0 Å². The van der Waals surface area contributed by atoms with E-state index in [1.807, 2.05) is 6.92 Å². The SMILES string of the molecule is Cc1ncc(-c2nc3c([nH]2)c(=O)[nH]c(=O)n3C)s1. The Bertz CT molecular complexity index is 853. The van der Waals surface area contributed by atoms with Gasteiger partial charge in [0.15, 0.2) is 11.5 Å². The monoisotopic (exact) mass is 263 g/mol. The third-order valence-electron chi connectivity index (χ3n) is 2.61. The first-order chi connectivity index (χ1) is 8.56. The van der Waals surface area contributed by atoms with E-state index in [1.165, 1.54) is 15.9 Å². The van der Waals surface area contributed by atoms with Gasteiger partial charge in [-0.2, -0.15) is 0 Å². The number of hydrogen-bond acceptors (Lipinski definition) is 5. The van der Waals surface area contributed by atoms with E-state index >= 15 is 0 Å². The molecule has 0 aliphatic heterocycles. The van der Waals surface area contributed by atoms with Gasteiger partial charge in [0.05, 0.1) is 9.88 Å². The van der Waals surface area contributed by atoms with Crippen LogP contribution >= 0.6 is 11.3 Å². The fourth-order valence-corrected chi connectivity index (χ4v) is 2.41. The van der Waals surface area contributed by atoms with Crippen LogP contribution in [0.1, 0.15) is 5.01 Å². The maximum absolute atomic E-state index is 11.6. The molecule has 0 unspecified atom stereocenters. The number of H-pyrrole nitrogens is 2. The Kier molecular flexibility index (Phi) is 2.20. The lowest BCUT2D eigenvalue weighted by Crippen LogP contribution is -2.28. The summed E-state index contributed by atoms with van der Waals surface area (Å²) < 4.78 is 1.30. The van der Waals surface area contributed by atoms with E-state index in [9.17, 15) is 9.59 Å². The van der Waals surface area contributed by atoms with Gasteiger partial charge in [0.2, 0.25) is 0 Å². The van der Waals surface area contributed by atoms with Gasteiger partial charge in [0.25, 0.3) is 5.56 Å². The standard InChI is InChI=1S/C10H9N5O2S/c1-4-11-3-5(18-4)7-12-6-8(13-7)15(2)10(17)14-9(6)16/h3H,1-2H3,(H,12,13)(H,14,16,17). The molecular formula is C10H9N5O2S. The number of fused-ring (bicyclic) bond motifs is 1. The van der Waals surface area contributed by atoms with E-state index in [4.69, 9.17) is 0 Å². The first-order valence-electron chi connectivity index (χ1n) is 5.18. The van der Waals surface area contributed by atoms with Crippen molar-refractivity contribution < 1.29 is 0 Å². The van der Waals surface area contributed by atoms with E-state index in [-0.39, 0.29) is 5.52 Å². The van der Waals surface area contributed by atoms with Crippen LogP contribution in [0.5, 0.6) is 0 Å². The second-order valence-electron chi connectivity index (χ2n) is 3.85. The first kappa shape index (κ1) is 10.9. The highest BCUT2D eigenvalue weighted by Crippen LogP contribution is 2.23. The molecule has 18 heavy (non-hydrogen) atoms. The van der Waals surface area contributed by atoms with Crippen LogP contribution in [0.3, 0.4) is 0 Å². The molecule has 3 aromatic rings. The topological polar surface area (TPSA) is 96.4 Å². The molecule has 7 nitrogen and oxygen atoms in total. The van der Waals surface area contributed by atoms with Gasteiger partial charge in [-0.05, 0) is 6.92 Å². The van der Waals surface area contributed by atoms with Gasteiger partial charge in [-0.25, -0.2) is 14.8 Å². The van der Waals surface area contributed by atoms with Crippen LogP contribution in [0.2, 0.25) is 0 Å². The molecule has 0 aliphatic rings. The maximum Gasteiger partial charge on any atom is 0.329 e. The zero-order valence-electron chi connectivity index (χ0n) is 9.64. The average molecular weight is 263 g/mol. The van der Waals surface area contributed by atoms with Gasteiger partial charge >= 0.3 is 5.69 Å². The van der Waals surface area contributed by atoms with Crippen LogP contribution in [0.15, 0.2) is 15.8 Å². The number of aromatic amines is 2.